The molecule has 1 rings (SSSR count). The van der Waals surface area contributed by atoms with Crippen molar-refractivity contribution in [1.82, 2.24) is 9.78 Å². The minimum absolute atomic E-state index is 0.0136. The molecule has 1 atom stereocenters. The zero-order chi connectivity index (χ0) is 8.43. The van der Waals surface area contributed by atoms with E-state index in [2.05, 4.69) is 5.10 Å². The molecule has 0 amide bonds. The van der Waals surface area contributed by atoms with Gasteiger partial charge in [0.25, 0.3) is 5.56 Å². The maximum absolute atomic E-state index is 11.0. The van der Waals surface area contributed by atoms with Crippen LogP contribution in [0.15, 0.2) is 10.9 Å². The van der Waals surface area contributed by atoms with Crippen molar-refractivity contribution in [3.8, 4) is 0 Å². The normalized spacial score (nSPS) is 13.4. The lowest BCUT2D eigenvalue weighted by atomic mass is 10.1. The summed E-state index contributed by atoms with van der Waals surface area (Å²) in [5.41, 5.74) is 6.32. The first-order chi connectivity index (χ1) is 5.15. The Balaban J connectivity index is 2.97. The van der Waals surface area contributed by atoms with Crippen LogP contribution in [0.4, 0.5) is 0 Å². The molecule has 0 fully saturated rings. The number of nitrogens with two attached hydrogens (primary N) is 1. The summed E-state index contributed by atoms with van der Waals surface area (Å²) in [6.07, 6.45) is 0. The molecule has 4 nitrogen and oxygen atoms in total. The topological polar surface area (TPSA) is 63.8 Å². The molecule has 0 aliphatic rings. The maximum atomic E-state index is 11.0. The highest BCUT2D eigenvalue weighted by Gasteiger charge is 2.06. The van der Waals surface area contributed by atoms with Crippen LogP contribution in [-0.4, -0.2) is 16.3 Å². The summed E-state index contributed by atoms with van der Waals surface area (Å²) >= 11 is 0. The Morgan fingerprint density at radius 2 is 2.45 bits per heavy atom. The Morgan fingerprint density at radius 3 is 2.82 bits per heavy atom. The Hall–Kier alpha value is -1.03. The summed E-state index contributed by atoms with van der Waals surface area (Å²) in [6, 6.07) is 1.58. The minimum atomic E-state index is -0.0136. The van der Waals surface area contributed by atoms with Crippen LogP contribution in [0.2, 0.25) is 0 Å². The summed E-state index contributed by atoms with van der Waals surface area (Å²) in [5.74, 6) is 0.226. The molecule has 1 heterocycles. The van der Waals surface area contributed by atoms with Crippen molar-refractivity contribution < 1.29 is 0 Å². The lowest BCUT2D eigenvalue weighted by Crippen LogP contribution is -2.10. The number of nitrogens with one attached hydrogen (secondary N) is 1. The molecule has 0 aliphatic carbocycles. The molecule has 0 bridgehead atoms. The first-order valence-electron chi connectivity index (χ1n) is 3.61. The van der Waals surface area contributed by atoms with E-state index in [1.165, 1.54) is 4.68 Å². The molecule has 0 radical (unpaired) electrons. The Labute approximate surface area is 65.0 Å². The highest BCUT2D eigenvalue weighted by Crippen LogP contribution is 2.06. The van der Waals surface area contributed by atoms with Gasteiger partial charge in [-0.15, -0.1) is 0 Å². The van der Waals surface area contributed by atoms with E-state index >= 15 is 0 Å². The van der Waals surface area contributed by atoms with E-state index in [0.29, 0.717) is 6.54 Å². The van der Waals surface area contributed by atoms with Crippen molar-refractivity contribution in [2.45, 2.75) is 12.8 Å². The lowest BCUT2D eigenvalue weighted by molar-refractivity contribution is 0.677. The average molecular weight is 155 g/mol. The highest BCUT2D eigenvalue weighted by molar-refractivity contribution is 5.05. The number of nitrogens with zero attached hydrogens (tertiary/aromatic N) is 1. The molecule has 0 aliphatic heterocycles. The van der Waals surface area contributed by atoms with Gasteiger partial charge in [-0.3, -0.25) is 14.6 Å². The lowest BCUT2D eigenvalue weighted by Gasteiger charge is -2.03. The van der Waals surface area contributed by atoms with Gasteiger partial charge in [0.1, 0.15) is 0 Å². The summed E-state index contributed by atoms with van der Waals surface area (Å²) in [6.45, 7) is 2.53. The second-order valence-corrected chi connectivity index (χ2v) is 2.75. The van der Waals surface area contributed by atoms with Crippen molar-refractivity contribution in [2.24, 2.45) is 12.8 Å². The zero-order valence-electron chi connectivity index (χ0n) is 6.79. The molecule has 1 aromatic heterocycles. The van der Waals surface area contributed by atoms with E-state index in [-0.39, 0.29) is 11.5 Å². The standard InChI is InChI=1S/C7H13N3O/c1-5(4-8)6-3-7(11)10(2)9-6/h3,5,9H,4,8H2,1-2H3. The van der Waals surface area contributed by atoms with Crippen LogP contribution in [-0.2, 0) is 7.05 Å². The molecule has 0 aromatic carbocycles. The van der Waals surface area contributed by atoms with Gasteiger partial charge in [0.05, 0.1) is 0 Å². The Bertz CT molecular complexity index is 286. The van der Waals surface area contributed by atoms with Gasteiger partial charge < -0.3 is 5.73 Å². The van der Waals surface area contributed by atoms with Gasteiger partial charge in [-0.2, -0.15) is 0 Å². The van der Waals surface area contributed by atoms with Gasteiger partial charge in [-0.05, 0) is 0 Å². The number of aromatic nitrogens is 2. The molecular weight excluding hydrogens is 142 g/mol. The molecule has 1 unspecified atom stereocenters. The highest BCUT2D eigenvalue weighted by atomic mass is 16.1. The summed E-state index contributed by atoms with van der Waals surface area (Å²) in [7, 11) is 1.69. The van der Waals surface area contributed by atoms with Crippen molar-refractivity contribution in [3.05, 3.63) is 22.1 Å². The predicted molar refractivity (Wildman–Crippen MR) is 43.5 cm³/mol. The number of rotatable bonds is 2. The van der Waals surface area contributed by atoms with Crippen LogP contribution in [0.25, 0.3) is 0 Å². The fourth-order valence-electron chi connectivity index (χ4n) is 0.890. The molecule has 11 heavy (non-hydrogen) atoms. The van der Waals surface area contributed by atoms with Crippen molar-refractivity contribution in [2.75, 3.05) is 6.54 Å². The largest absolute Gasteiger partial charge is 0.330 e. The second-order valence-electron chi connectivity index (χ2n) is 2.75. The average Bonchev–Trinajstić information content (AvgIpc) is 2.31. The van der Waals surface area contributed by atoms with E-state index in [0.717, 1.165) is 5.69 Å². The fourth-order valence-corrected chi connectivity index (χ4v) is 0.890. The third-order valence-corrected chi connectivity index (χ3v) is 1.79. The van der Waals surface area contributed by atoms with Gasteiger partial charge in [0.15, 0.2) is 0 Å². The van der Waals surface area contributed by atoms with E-state index < -0.39 is 0 Å². The van der Waals surface area contributed by atoms with E-state index in [9.17, 15) is 4.79 Å². The van der Waals surface area contributed by atoms with E-state index in [4.69, 9.17) is 5.73 Å². The van der Waals surface area contributed by atoms with Crippen LogP contribution in [0.3, 0.4) is 0 Å². The molecule has 4 heteroatoms. The van der Waals surface area contributed by atoms with Gasteiger partial charge in [-0.1, -0.05) is 6.92 Å². The van der Waals surface area contributed by atoms with Crippen LogP contribution in [0.5, 0.6) is 0 Å². The van der Waals surface area contributed by atoms with Gasteiger partial charge >= 0.3 is 0 Å². The first kappa shape index (κ1) is 8.07. The van der Waals surface area contributed by atoms with Gasteiger partial charge in [-0.25, -0.2) is 0 Å². The molecule has 0 spiro atoms. The zero-order valence-corrected chi connectivity index (χ0v) is 6.79. The monoisotopic (exact) mass is 155 g/mol. The van der Waals surface area contributed by atoms with Crippen molar-refractivity contribution in [1.29, 1.82) is 0 Å². The third kappa shape index (κ3) is 1.51. The van der Waals surface area contributed by atoms with Crippen molar-refractivity contribution >= 4 is 0 Å². The first-order valence-corrected chi connectivity index (χ1v) is 3.61. The number of aryl methyl sites for hydroxylation is 1. The van der Waals surface area contributed by atoms with Crippen LogP contribution < -0.4 is 11.3 Å². The molecule has 62 valence electrons. The second kappa shape index (κ2) is 2.92. The molecule has 3 N–H and O–H groups in total. The van der Waals surface area contributed by atoms with Gasteiger partial charge in [0.2, 0.25) is 0 Å². The summed E-state index contributed by atoms with van der Waals surface area (Å²) in [4.78, 5) is 11.0. The van der Waals surface area contributed by atoms with Crippen LogP contribution in [0.1, 0.15) is 18.5 Å². The maximum Gasteiger partial charge on any atom is 0.266 e. The number of H-pyrrole nitrogens is 1. The smallest absolute Gasteiger partial charge is 0.266 e. The number of hydrogen-bond donors (Lipinski definition) is 2. The van der Waals surface area contributed by atoms with E-state index in [1.807, 2.05) is 6.92 Å². The number of aromatic amines is 1. The summed E-state index contributed by atoms with van der Waals surface area (Å²) in [5, 5.41) is 2.92. The Morgan fingerprint density at radius 1 is 1.82 bits per heavy atom. The fraction of sp³-hybridized carbons (Fsp3) is 0.571. The van der Waals surface area contributed by atoms with Crippen LogP contribution >= 0.6 is 0 Å². The van der Waals surface area contributed by atoms with Crippen molar-refractivity contribution in [3.63, 3.8) is 0 Å². The molecule has 0 saturated carbocycles. The molecule has 1 aromatic rings. The van der Waals surface area contributed by atoms with E-state index in [1.54, 1.807) is 13.1 Å². The minimum Gasteiger partial charge on any atom is -0.330 e. The SMILES string of the molecule is CC(CN)c1cc(=O)n(C)[nH]1. The summed E-state index contributed by atoms with van der Waals surface area (Å²) < 4.78 is 1.45. The van der Waals surface area contributed by atoms with Crippen LogP contribution in [0, 0.1) is 0 Å². The third-order valence-electron chi connectivity index (χ3n) is 1.79. The predicted octanol–water partition coefficient (Wildman–Crippen LogP) is -0.224. The number of hydrogen-bond acceptors (Lipinski definition) is 2. The van der Waals surface area contributed by atoms with Gasteiger partial charge in [0, 0.05) is 31.3 Å². The molecule has 0 saturated heterocycles. The quantitative estimate of drug-likeness (QED) is 0.620. The molecular formula is C7H13N3O. The Kier molecular flexibility index (Phi) is 2.14.